The van der Waals surface area contributed by atoms with Crippen LogP contribution in [0.1, 0.15) is 376 Å². The van der Waals surface area contributed by atoms with Gasteiger partial charge in [-0.3, -0.25) is 37.3 Å². The summed E-state index contributed by atoms with van der Waals surface area (Å²) in [7, 11) is -9.91. The van der Waals surface area contributed by atoms with Crippen LogP contribution in [-0.2, 0) is 65.4 Å². The van der Waals surface area contributed by atoms with Crippen molar-refractivity contribution in [2.45, 2.75) is 394 Å². The minimum atomic E-state index is -4.96. The van der Waals surface area contributed by atoms with Crippen LogP contribution in [0.5, 0.6) is 0 Å². The molecule has 552 valence electrons. The second kappa shape index (κ2) is 64.7. The summed E-state index contributed by atoms with van der Waals surface area (Å²) in [6, 6.07) is 0. The highest BCUT2D eigenvalue weighted by Crippen LogP contribution is 2.45. The van der Waals surface area contributed by atoms with Crippen LogP contribution in [0.2, 0.25) is 0 Å². The number of hydrogen-bond donors (Lipinski definition) is 3. The highest BCUT2D eigenvalue weighted by Gasteiger charge is 2.30. The number of carbonyl (C=O) groups excluding carboxylic acids is 4. The third-order valence-corrected chi connectivity index (χ3v) is 19.0. The van der Waals surface area contributed by atoms with E-state index in [2.05, 4.69) is 48.5 Å². The van der Waals surface area contributed by atoms with Crippen LogP contribution >= 0.6 is 15.6 Å². The van der Waals surface area contributed by atoms with Crippen LogP contribution in [0.3, 0.4) is 0 Å². The van der Waals surface area contributed by atoms with E-state index >= 15 is 0 Å². The molecule has 0 fully saturated rings. The molecule has 0 aliphatic heterocycles. The fraction of sp³-hybridized carbons (Fsp3) is 0.946. The molecule has 0 radical (unpaired) electrons. The summed E-state index contributed by atoms with van der Waals surface area (Å²) in [5, 5.41) is 10.6. The maximum atomic E-state index is 13.1. The van der Waals surface area contributed by atoms with Crippen molar-refractivity contribution in [1.82, 2.24) is 0 Å². The first-order valence-electron chi connectivity index (χ1n) is 38.3. The van der Waals surface area contributed by atoms with Crippen molar-refractivity contribution in [3.63, 3.8) is 0 Å². The predicted molar refractivity (Wildman–Crippen MR) is 377 cm³/mol. The Bertz CT molecular complexity index is 1820. The van der Waals surface area contributed by atoms with Crippen molar-refractivity contribution >= 4 is 39.5 Å². The number of ether oxygens (including phenoxy) is 4. The zero-order chi connectivity index (χ0) is 68.7. The van der Waals surface area contributed by atoms with Crippen LogP contribution < -0.4 is 0 Å². The summed E-state index contributed by atoms with van der Waals surface area (Å²) in [4.78, 5) is 72.7. The minimum absolute atomic E-state index is 0.105. The van der Waals surface area contributed by atoms with Gasteiger partial charge in [0.25, 0.3) is 0 Å². The average Bonchev–Trinajstić information content (AvgIpc) is 1.62. The minimum Gasteiger partial charge on any atom is -0.462 e. The van der Waals surface area contributed by atoms with Crippen molar-refractivity contribution in [3.05, 3.63) is 0 Å². The van der Waals surface area contributed by atoms with E-state index in [-0.39, 0.29) is 25.7 Å². The number of phosphoric acid groups is 2. The van der Waals surface area contributed by atoms with E-state index in [0.29, 0.717) is 25.7 Å². The number of aliphatic hydroxyl groups is 1. The van der Waals surface area contributed by atoms with E-state index in [1.54, 1.807) is 0 Å². The zero-order valence-corrected chi connectivity index (χ0v) is 62.5. The molecule has 0 saturated carbocycles. The highest BCUT2D eigenvalue weighted by molar-refractivity contribution is 7.47. The van der Waals surface area contributed by atoms with Gasteiger partial charge in [-0.25, -0.2) is 9.13 Å². The topological polar surface area (TPSA) is 237 Å². The van der Waals surface area contributed by atoms with Crippen molar-refractivity contribution in [2.24, 2.45) is 17.8 Å². The Morgan fingerprint density at radius 2 is 0.495 bits per heavy atom. The SMILES string of the molecule is CCCCCCCCCCCC(=O)OC[C@H](COP(=O)(O)OC[C@H](O)COP(=O)(O)OC[C@@H](COC(=O)CCCCCCCCCCCCC(C)C)OC(=O)CCCCCCCCCCCCCCCCCCC(C)C)OC(=O)CCCCCCCCCCCC(C)C. The summed E-state index contributed by atoms with van der Waals surface area (Å²) in [6.45, 7) is 11.9. The van der Waals surface area contributed by atoms with Crippen LogP contribution in [0.15, 0.2) is 0 Å². The molecule has 2 unspecified atom stereocenters. The quantitative estimate of drug-likeness (QED) is 0.0222. The molecule has 3 N–H and O–H groups in total. The smallest absolute Gasteiger partial charge is 0.462 e. The van der Waals surface area contributed by atoms with Gasteiger partial charge >= 0.3 is 39.5 Å². The van der Waals surface area contributed by atoms with Crippen molar-refractivity contribution in [1.29, 1.82) is 0 Å². The molecule has 0 spiro atoms. The molecule has 93 heavy (non-hydrogen) atoms. The Morgan fingerprint density at radius 3 is 0.731 bits per heavy atom. The zero-order valence-electron chi connectivity index (χ0n) is 60.7. The lowest BCUT2D eigenvalue weighted by Crippen LogP contribution is -2.30. The van der Waals surface area contributed by atoms with Crippen LogP contribution in [-0.4, -0.2) is 96.7 Å². The second-order valence-corrected chi connectivity index (χ2v) is 31.0. The summed E-state index contributed by atoms with van der Waals surface area (Å²) >= 11 is 0. The van der Waals surface area contributed by atoms with Gasteiger partial charge in [0.15, 0.2) is 12.2 Å². The highest BCUT2D eigenvalue weighted by atomic mass is 31.2. The maximum absolute atomic E-state index is 13.1. The Balaban J connectivity index is 5.22. The first kappa shape index (κ1) is 91.1. The largest absolute Gasteiger partial charge is 0.472 e. The van der Waals surface area contributed by atoms with Crippen LogP contribution in [0, 0.1) is 17.8 Å². The van der Waals surface area contributed by atoms with E-state index in [9.17, 15) is 43.2 Å². The summed E-state index contributed by atoms with van der Waals surface area (Å²) in [6.07, 6.45) is 50.0. The van der Waals surface area contributed by atoms with Crippen molar-refractivity contribution in [2.75, 3.05) is 39.6 Å². The van der Waals surface area contributed by atoms with Gasteiger partial charge in [0, 0.05) is 25.7 Å². The number of rotatable bonds is 72. The molecule has 0 bridgehead atoms. The molecule has 5 atom stereocenters. The summed E-state index contributed by atoms with van der Waals surface area (Å²) in [5.74, 6) is 0.182. The standard InChI is InChI=1S/C74H144O17P2/c1-8-9-10-11-12-24-34-41-48-55-71(76)84-61-69(91-74(79)58-51-44-37-30-23-27-33-40-47-54-67(6)7)63-88-92(80,81)86-59-68(75)60-87-93(82,83)89-64-70(62-85-72(77)56-49-42-35-28-22-21-26-32-39-46-53-66(4)5)90-73(78)57-50-43-36-29-20-18-16-14-13-15-17-19-25-31-38-45-52-65(2)3/h65-70,75H,8-64H2,1-7H3,(H,80,81)(H,82,83)/t68-,69+,70+/m0/s1. The normalized spacial score (nSPS) is 14.1. The van der Waals surface area contributed by atoms with Gasteiger partial charge in [0.05, 0.1) is 26.4 Å². The van der Waals surface area contributed by atoms with Gasteiger partial charge < -0.3 is 33.8 Å². The molecule has 0 amide bonds. The van der Waals surface area contributed by atoms with Gasteiger partial charge in [-0.2, -0.15) is 0 Å². The molecule has 0 aromatic rings. The van der Waals surface area contributed by atoms with Crippen molar-refractivity contribution in [3.8, 4) is 0 Å². The molecular weight excluding hydrogens is 1220 g/mol. The lowest BCUT2D eigenvalue weighted by Gasteiger charge is -2.21. The van der Waals surface area contributed by atoms with E-state index in [1.807, 2.05) is 0 Å². The number of aliphatic hydroxyl groups excluding tert-OH is 1. The Labute approximate surface area is 568 Å². The van der Waals surface area contributed by atoms with E-state index < -0.39 is 97.5 Å². The number of esters is 4. The summed E-state index contributed by atoms with van der Waals surface area (Å²) in [5.41, 5.74) is 0. The predicted octanol–water partition coefficient (Wildman–Crippen LogP) is 21.4. The number of carbonyl (C=O) groups is 4. The van der Waals surface area contributed by atoms with E-state index in [4.69, 9.17) is 37.0 Å². The molecule has 0 rings (SSSR count). The number of phosphoric ester groups is 2. The van der Waals surface area contributed by atoms with E-state index in [0.717, 1.165) is 108 Å². The summed E-state index contributed by atoms with van der Waals surface area (Å²) < 4.78 is 68.4. The molecule has 17 nitrogen and oxygen atoms in total. The first-order chi connectivity index (χ1) is 44.7. The Kier molecular flexibility index (Phi) is 63.4. The fourth-order valence-electron chi connectivity index (χ4n) is 11.2. The van der Waals surface area contributed by atoms with Gasteiger partial charge in [-0.1, -0.05) is 325 Å². The van der Waals surface area contributed by atoms with Crippen LogP contribution in [0.4, 0.5) is 0 Å². The van der Waals surface area contributed by atoms with Crippen LogP contribution in [0.25, 0.3) is 0 Å². The molecule has 0 aromatic heterocycles. The number of hydrogen-bond acceptors (Lipinski definition) is 15. The number of unbranched alkanes of at least 4 members (excludes halogenated alkanes) is 40. The first-order valence-corrected chi connectivity index (χ1v) is 41.3. The Morgan fingerprint density at radius 1 is 0.290 bits per heavy atom. The lowest BCUT2D eigenvalue weighted by molar-refractivity contribution is -0.161. The van der Waals surface area contributed by atoms with Gasteiger partial charge in [0.1, 0.15) is 19.3 Å². The van der Waals surface area contributed by atoms with Gasteiger partial charge in [-0.05, 0) is 43.4 Å². The van der Waals surface area contributed by atoms with Crippen molar-refractivity contribution < 1.29 is 80.2 Å². The molecule has 0 aromatic carbocycles. The molecular formula is C74H144O17P2. The van der Waals surface area contributed by atoms with E-state index in [1.165, 1.54) is 186 Å². The maximum Gasteiger partial charge on any atom is 0.472 e. The molecule has 0 heterocycles. The molecule has 0 aliphatic carbocycles. The van der Waals surface area contributed by atoms with Gasteiger partial charge in [0.2, 0.25) is 0 Å². The van der Waals surface area contributed by atoms with Gasteiger partial charge in [-0.15, -0.1) is 0 Å². The third kappa shape index (κ3) is 68.4. The molecule has 0 saturated heterocycles. The monoisotopic (exact) mass is 1370 g/mol. The molecule has 0 aliphatic rings. The average molecular weight is 1370 g/mol. The lowest BCUT2D eigenvalue weighted by atomic mass is 10.0. The molecule has 19 heteroatoms. The second-order valence-electron chi connectivity index (χ2n) is 28.1. The Hall–Kier alpha value is -1.94. The third-order valence-electron chi connectivity index (χ3n) is 17.1. The fourth-order valence-corrected chi connectivity index (χ4v) is 12.8.